The second-order valence-electron chi connectivity index (χ2n) is 5.43. The highest BCUT2D eigenvalue weighted by atomic mass is 79.9. The quantitative estimate of drug-likeness (QED) is 0.739. The van der Waals surface area contributed by atoms with Crippen molar-refractivity contribution in [3.05, 3.63) is 33.8 Å². The Kier molecular flexibility index (Phi) is 6.58. The Morgan fingerprint density at radius 3 is 2.86 bits per heavy atom. The predicted molar refractivity (Wildman–Crippen MR) is 83.3 cm³/mol. The molecule has 0 saturated carbocycles. The molecule has 1 aliphatic heterocycles. The van der Waals surface area contributed by atoms with Gasteiger partial charge in [0, 0.05) is 18.2 Å². The highest BCUT2D eigenvalue weighted by Gasteiger charge is 2.23. The molecule has 5 heteroatoms. The van der Waals surface area contributed by atoms with Crippen LogP contribution in [-0.4, -0.2) is 19.3 Å². The molecule has 2 atom stereocenters. The minimum absolute atomic E-state index is 0.127. The summed E-state index contributed by atoms with van der Waals surface area (Å²) >= 11 is 3.13. The average molecular weight is 362 g/mol. The van der Waals surface area contributed by atoms with E-state index in [0.717, 1.165) is 25.9 Å². The van der Waals surface area contributed by atoms with Crippen molar-refractivity contribution in [2.75, 3.05) is 13.2 Å². The first-order chi connectivity index (χ1) is 10.1. The molecule has 1 N–H and O–H groups in total. The van der Waals surface area contributed by atoms with E-state index in [4.69, 9.17) is 4.74 Å². The highest BCUT2D eigenvalue weighted by molar-refractivity contribution is 9.10. The molecule has 1 aromatic rings. The summed E-state index contributed by atoms with van der Waals surface area (Å²) < 4.78 is 34.3. The van der Waals surface area contributed by atoms with Crippen molar-refractivity contribution in [1.82, 2.24) is 5.32 Å². The molecule has 1 saturated heterocycles. The molecule has 2 rings (SSSR count). The molecular formula is C16H22BrF2NO. The molecule has 0 bridgehead atoms. The van der Waals surface area contributed by atoms with Gasteiger partial charge < -0.3 is 10.1 Å². The summed E-state index contributed by atoms with van der Waals surface area (Å²) in [4.78, 5) is 0. The van der Waals surface area contributed by atoms with Gasteiger partial charge in [-0.15, -0.1) is 0 Å². The fourth-order valence-electron chi connectivity index (χ4n) is 2.84. The Morgan fingerprint density at radius 2 is 2.19 bits per heavy atom. The normalized spacial score (nSPS) is 20.5. The molecule has 0 radical (unpaired) electrons. The first-order valence-electron chi connectivity index (χ1n) is 7.61. The molecule has 0 amide bonds. The van der Waals surface area contributed by atoms with Crippen molar-refractivity contribution < 1.29 is 13.5 Å². The fraction of sp³-hybridized carbons (Fsp3) is 0.625. The molecule has 1 fully saturated rings. The molecule has 118 valence electrons. The smallest absolute Gasteiger partial charge is 0.145 e. The molecule has 1 aromatic carbocycles. The molecule has 0 aromatic heterocycles. The summed E-state index contributed by atoms with van der Waals surface area (Å²) in [6.45, 7) is 3.41. The van der Waals surface area contributed by atoms with Gasteiger partial charge >= 0.3 is 0 Å². The van der Waals surface area contributed by atoms with Gasteiger partial charge in [0.05, 0.1) is 10.6 Å². The minimum atomic E-state index is -0.509. The third-order valence-corrected chi connectivity index (χ3v) is 4.54. The summed E-state index contributed by atoms with van der Waals surface area (Å²) in [5.74, 6) is -1.00. The van der Waals surface area contributed by atoms with E-state index < -0.39 is 11.6 Å². The third-order valence-electron chi connectivity index (χ3n) is 3.93. The van der Waals surface area contributed by atoms with Crippen LogP contribution in [0.1, 0.15) is 50.6 Å². The van der Waals surface area contributed by atoms with Crippen molar-refractivity contribution in [3.8, 4) is 0 Å². The number of nitrogens with one attached hydrogen (secondary N) is 1. The highest BCUT2D eigenvalue weighted by Crippen LogP contribution is 2.30. The topological polar surface area (TPSA) is 21.3 Å². The van der Waals surface area contributed by atoms with Crippen LogP contribution in [0.25, 0.3) is 0 Å². The lowest BCUT2D eigenvalue weighted by Gasteiger charge is -2.26. The Bertz CT molecular complexity index is 464. The van der Waals surface area contributed by atoms with Crippen LogP contribution in [0.2, 0.25) is 0 Å². The Morgan fingerprint density at radius 1 is 1.38 bits per heavy atom. The van der Waals surface area contributed by atoms with Crippen LogP contribution in [0.5, 0.6) is 0 Å². The second-order valence-corrected chi connectivity index (χ2v) is 6.29. The van der Waals surface area contributed by atoms with E-state index in [1.807, 2.05) is 6.92 Å². The van der Waals surface area contributed by atoms with Gasteiger partial charge in [0.25, 0.3) is 0 Å². The van der Waals surface area contributed by atoms with Crippen molar-refractivity contribution in [2.24, 2.45) is 0 Å². The summed E-state index contributed by atoms with van der Waals surface area (Å²) in [6, 6.07) is 2.39. The van der Waals surface area contributed by atoms with Gasteiger partial charge in [0.1, 0.15) is 11.6 Å². The summed E-state index contributed by atoms with van der Waals surface area (Å²) in [7, 11) is 0. The van der Waals surface area contributed by atoms with Crippen LogP contribution < -0.4 is 5.32 Å². The van der Waals surface area contributed by atoms with Gasteiger partial charge in [-0.05, 0) is 66.7 Å². The number of hydrogen-bond acceptors (Lipinski definition) is 2. The lowest BCUT2D eigenvalue weighted by molar-refractivity contribution is 0.00844. The zero-order chi connectivity index (χ0) is 15.2. The van der Waals surface area contributed by atoms with E-state index in [2.05, 4.69) is 21.2 Å². The van der Waals surface area contributed by atoms with E-state index in [9.17, 15) is 8.78 Å². The van der Waals surface area contributed by atoms with Gasteiger partial charge in [-0.3, -0.25) is 0 Å². The van der Waals surface area contributed by atoms with E-state index in [-0.39, 0.29) is 17.7 Å². The first-order valence-corrected chi connectivity index (χ1v) is 8.41. The van der Waals surface area contributed by atoms with Gasteiger partial charge in [-0.1, -0.05) is 6.92 Å². The Hall–Kier alpha value is -0.520. The summed E-state index contributed by atoms with van der Waals surface area (Å²) in [6.07, 6.45) is 5.05. The molecule has 0 aliphatic carbocycles. The number of rotatable bonds is 6. The molecular weight excluding hydrogens is 340 g/mol. The zero-order valence-corrected chi connectivity index (χ0v) is 13.9. The number of halogens is 3. The zero-order valence-electron chi connectivity index (χ0n) is 12.3. The van der Waals surface area contributed by atoms with Gasteiger partial charge in [-0.25, -0.2) is 8.78 Å². The first kappa shape index (κ1) is 16.8. The van der Waals surface area contributed by atoms with Crippen LogP contribution in [0.15, 0.2) is 16.6 Å². The second kappa shape index (κ2) is 8.20. The molecule has 0 spiro atoms. The van der Waals surface area contributed by atoms with Crippen LogP contribution in [0.3, 0.4) is 0 Å². The van der Waals surface area contributed by atoms with Gasteiger partial charge in [-0.2, -0.15) is 0 Å². The van der Waals surface area contributed by atoms with E-state index in [0.29, 0.717) is 17.4 Å². The molecule has 2 nitrogen and oxygen atoms in total. The lowest BCUT2D eigenvalue weighted by Crippen LogP contribution is -2.26. The molecule has 21 heavy (non-hydrogen) atoms. The summed E-state index contributed by atoms with van der Waals surface area (Å²) in [5.41, 5.74) is 0.127. The third kappa shape index (κ3) is 4.47. The standard InChI is InChI=1S/C16H22BrF2NO/c1-2-20-14(9-6-11-5-3-4-10-21-11)15-13(18)8-7-12(17)16(15)19/h7-8,11,14,20H,2-6,9-10H2,1H3. The monoisotopic (exact) mass is 361 g/mol. The SMILES string of the molecule is CCNC(CCC1CCCCO1)c1c(F)ccc(Br)c1F. The van der Waals surface area contributed by atoms with Crippen molar-refractivity contribution >= 4 is 15.9 Å². The van der Waals surface area contributed by atoms with Crippen LogP contribution in [-0.2, 0) is 4.74 Å². The number of benzene rings is 1. The van der Waals surface area contributed by atoms with Crippen molar-refractivity contribution in [1.29, 1.82) is 0 Å². The van der Waals surface area contributed by atoms with E-state index >= 15 is 0 Å². The maximum Gasteiger partial charge on any atom is 0.145 e. The summed E-state index contributed by atoms with van der Waals surface area (Å²) in [5, 5.41) is 3.19. The molecule has 1 aliphatic rings. The van der Waals surface area contributed by atoms with E-state index in [1.54, 1.807) is 0 Å². The lowest BCUT2D eigenvalue weighted by atomic mass is 9.96. The van der Waals surface area contributed by atoms with Gasteiger partial charge in [0.2, 0.25) is 0 Å². The Labute approximate surface area is 133 Å². The number of ether oxygens (including phenoxy) is 1. The Balaban J connectivity index is 2.09. The van der Waals surface area contributed by atoms with Crippen LogP contribution in [0.4, 0.5) is 8.78 Å². The predicted octanol–water partition coefficient (Wildman–Crippen LogP) is 4.73. The van der Waals surface area contributed by atoms with Crippen LogP contribution >= 0.6 is 15.9 Å². The average Bonchev–Trinajstić information content (AvgIpc) is 2.50. The fourth-order valence-corrected chi connectivity index (χ4v) is 3.19. The van der Waals surface area contributed by atoms with Crippen molar-refractivity contribution in [3.63, 3.8) is 0 Å². The maximum absolute atomic E-state index is 14.2. The maximum atomic E-state index is 14.2. The van der Waals surface area contributed by atoms with Crippen molar-refractivity contribution in [2.45, 2.75) is 51.2 Å². The number of hydrogen-bond donors (Lipinski definition) is 1. The largest absolute Gasteiger partial charge is 0.378 e. The van der Waals surface area contributed by atoms with Crippen LogP contribution in [0, 0.1) is 11.6 Å². The minimum Gasteiger partial charge on any atom is -0.378 e. The molecule has 2 unspecified atom stereocenters. The van der Waals surface area contributed by atoms with Gasteiger partial charge in [0.15, 0.2) is 0 Å². The molecule has 1 heterocycles. The van der Waals surface area contributed by atoms with E-state index in [1.165, 1.54) is 18.6 Å².